The van der Waals surface area contributed by atoms with E-state index in [-0.39, 0.29) is 44.8 Å². The number of fused-ring (bicyclic) bond motifs is 6. The summed E-state index contributed by atoms with van der Waals surface area (Å²) in [5, 5.41) is 0. The van der Waals surface area contributed by atoms with E-state index in [4.69, 9.17) is 12.8 Å². The molecule has 0 atom stereocenters. The summed E-state index contributed by atoms with van der Waals surface area (Å²) < 4.78 is 0. The van der Waals surface area contributed by atoms with Crippen molar-refractivity contribution >= 4 is 0 Å². The van der Waals surface area contributed by atoms with Crippen LogP contribution in [-0.2, 0) is 64.0 Å². The number of rotatable bonds is 2. The third-order valence-electron chi connectivity index (χ3n) is 7.72. The fraction of sp³-hybridized carbons (Fsp3) is 0.0732. The van der Waals surface area contributed by atoms with Gasteiger partial charge in [0.25, 0.3) is 0 Å². The molecule has 0 unspecified atom stereocenters. The number of hydrogen-bond donors (Lipinski definition) is 0. The second kappa shape index (κ2) is 16.2. The fourth-order valence-electron chi connectivity index (χ4n) is 5.62. The largest absolute Gasteiger partial charge is 1.00 e. The Morgan fingerprint density at radius 3 is 1.56 bits per heavy atom. The van der Waals surface area contributed by atoms with Crippen LogP contribution >= 0.6 is 0 Å². The van der Waals surface area contributed by atoms with Crippen molar-refractivity contribution in [3.05, 3.63) is 191 Å². The Bertz CT molecular complexity index is 1830. The standard InChI is InChI=1S/2C15H9.C11H10N2.2Au/c2*1-2-11-7-8-13-10-12-5-3-4-6-14(12)15(13)9-11;1-2-7-13-11(5-1)8-10-4-3-6-12-9-10;;/h2*3-9H,10H2;1-7,9H,8H2;;/q2*-1;;2*+1. The van der Waals surface area contributed by atoms with Crippen LogP contribution in [0.1, 0.15) is 44.6 Å². The van der Waals surface area contributed by atoms with Crippen molar-refractivity contribution in [3.8, 4) is 34.1 Å². The molecule has 224 valence electrons. The second-order valence-electron chi connectivity index (χ2n) is 10.5. The predicted molar refractivity (Wildman–Crippen MR) is 173 cm³/mol. The molecule has 0 bridgehead atoms. The van der Waals surface area contributed by atoms with Gasteiger partial charge >= 0.3 is 44.8 Å². The van der Waals surface area contributed by atoms with Crippen LogP contribution in [0.4, 0.5) is 0 Å². The normalized spacial score (nSPS) is 10.6. The van der Waals surface area contributed by atoms with Gasteiger partial charge in [-0.3, -0.25) is 21.8 Å². The molecule has 0 amide bonds. The first-order valence-corrected chi connectivity index (χ1v) is 14.3. The predicted octanol–water partition coefficient (Wildman–Crippen LogP) is 8.45. The minimum Gasteiger partial charge on any atom is -0.366 e. The van der Waals surface area contributed by atoms with E-state index in [1.54, 1.807) is 6.20 Å². The molecule has 2 aliphatic rings. The Morgan fingerprint density at radius 1 is 0.533 bits per heavy atom. The van der Waals surface area contributed by atoms with Gasteiger partial charge in [-0.2, -0.15) is 0 Å². The maximum absolute atomic E-state index is 7.14. The van der Waals surface area contributed by atoms with Crippen molar-refractivity contribution in [3.63, 3.8) is 0 Å². The van der Waals surface area contributed by atoms with Gasteiger partial charge in [-0.15, -0.1) is 35.4 Å². The van der Waals surface area contributed by atoms with Crippen molar-refractivity contribution in [1.29, 1.82) is 0 Å². The molecule has 4 aromatic carbocycles. The molecule has 4 heteroatoms. The summed E-state index contributed by atoms with van der Waals surface area (Å²) in [6.07, 6.45) is 22.6. The Kier molecular flexibility index (Phi) is 12.1. The minimum absolute atomic E-state index is 0. The number of hydrogen-bond acceptors (Lipinski definition) is 2. The van der Waals surface area contributed by atoms with E-state index in [1.807, 2.05) is 60.9 Å². The first kappa shape index (κ1) is 33.7. The van der Waals surface area contributed by atoms with Gasteiger partial charge in [0.2, 0.25) is 0 Å². The summed E-state index contributed by atoms with van der Waals surface area (Å²) in [5.74, 6) is 4.87. The third-order valence-corrected chi connectivity index (χ3v) is 7.72. The van der Waals surface area contributed by atoms with Crippen molar-refractivity contribution in [2.45, 2.75) is 19.3 Å². The Labute approximate surface area is 297 Å². The van der Waals surface area contributed by atoms with Gasteiger partial charge in [0.05, 0.1) is 0 Å². The van der Waals surface area contributed by atoms with E-state index in [2.05, 4.69) is 88.5 Å². The number of benzene rings is 4. The van der Waals surface area contributed by atoms with Crippen molar-refractivity contribution in [2.75, 3.05) is 0 Å². The molecule has 0 N–H and O–H groups in total. The molecule has 2 aliphatic carbocycles. The number of aromatic nitrogens is 2. The van der Waals surface area contributed by atoms with Crippen LogP contribution in [0.25, 0.3) is 22.3 Å². The first-order chi connectivity index (χ1) is 21.2. The zero-order valence-corrected chi connectivity index (χ0v) is 28.7. The molecular weight excluding hydrogens is 914 g/mol. The van der Waals surface area contributed by atoms with Crippen molar-refractivity contribution in [2.24, 2.45) is 0 Å². The van der Waals surface area contributed by atoms with Crippen LogP contribution in [-0.4, -0.2) is 9.97 Å². The molecule has 0 fully saturated rings. The van der Waals surface area contributed by atoms with E-state index in [9.17, 15) is 0 Å². The summed E-state index contributed by atoms with van der Waals surface area (Å²) in [6.45, 7) is 0. The Hall–Kier alpha value is -4.22. The van der Waals surface area contributed by atoms with Crippen LogP contribution in [0, 0.1) is 24.7 Å². The first-order valence-electron chi connectivity index (χ1n) is 14.3. The molecule has 45 heavy (non-hydrogen) atoms. The average Bonchev–Trinajstić information content (AvgIpc) is 3.64. The van der Waals surface area contributed by atoms with E-state index < -0.39 is 0 Å². The monoisotopic (exact) mass is 942 g/mol. The van der Waals surface area contributed by atoms with Gasteiger partial charge in [0.1, 0.15) is 0 Å². The summed E-state index contributed by atoms with van der Waals surface area (Å²) in [4.78, 5) is 8.30. The van der Waals surface area contributed by atoms with Crippen molar-refractivity contribution < 1.29 is 44.8 Å². The fourth-order valence-corrected chi connectivity index (χ4v) is 5.62. The SMILES string of the molecule is [Au+].[Au+].[C-]#Cc1ccc2c(c1)-c1ccccc1C2.[C-]#Cc1ccc2c(c1)-c1ccccc1C2.c1ccc(Cc2cccnc2)nc1. The van der Waals surface area contributed by atoms with Gasteiger partial charge in [-0.25, -0.2) is 0 Å². The van der Waals surface area contributed by atoms with Gasteiger partial charge in [0.15, 0.2) is 0 Å². The molecule has 2 nitrogen and oxygen atoms in total. The van der Waals surface area contributed by atoms with Gasteiger partial charge in [-0.05, 0) is 81.1 Å². The summed E-state index contributed by atoms with van der Waals surface area (Å²) >= 11 is 0. The molecular formula is C41H28Au2N2. The zero-order chi connectivity index (χ0) is 29.4. The van der Waals surface area contributed by atoms with Crippen LogP contribution < -0.4 is 0 Å². The van der Waals surface area contributed by atoms with Crippen LogP contribution in [0.3, 0.4) is 0 Å². The number of pyridine rings is 2. The molecule has 0 saturated carbocycles. The summed E-state index contributed by atoms with van der Waals surface area (Å²) in [6, 6.07) is 39.1. The zero-order valence-electron chi connectivity index (χ0n) is 24.3. The quantitative estimate of drug-likeness (QED) is 0.0989. The van der Waals surface area contributed by atoms with E-state index in [1.165, 1.54) is 50.1 Å². The molecule has 8 rings (SSSR count). The van der Waals surface area contributed by atoms with Gasteiger partial charge in [-0.1, -0.05) is 72.8 Å². The number of nitrogens with zero attached hydrogens (tertiary/aromatic N) is 2. The van der Waals surface area contributed by atoms with Gasteiger partial charge in [0, 0.05) is 30.7 Å². The topological polar surface area (TPSA) is 25.8 Å². The van der Waals surface area contributed by atoms with E-state index >= 15 is 0 Å². The summed E-state index contributed by atoms with van der Waals surface area (Å²) in [7, 11) is 0. The smallest absolute Gasteiger partial charge is 0.366 e. The second-order valence-corrected chi connectivity index (χ2v) is 10.5. The molecule has 0 saturated heterocycles. The summed E-state index contributed by atoms with van der Waals surface area (Å²) in [5.41, 5.74) is 14.6. The minimum atomic E-state index is 0. The Morgan fingerprint density at radius 2 is 1.07 bits per heavy atom. The average molecular weight is 943 g/mol. The Balaban J connectivity index is 0.000000151. The molecule has 2 aromatic heterocycles. The van der Waals surface area contributed by atoms with Crippen LogP contribution in [0.5, 0.6) is 0 Å². The van der Waals surface area contributed by atoms with Crippen molar-refractivity contribution in [1.82, 2.24) is 9.97 Å². The van der Waals surface area contributed by atoms with E-state index in [0.29, 0.717) is 0 Å². The van der Waals surface area contributed by atoms with Gasteiger partial charge < -0.3 is 12.8 Å². The molecule has 6 aromatic rings. The van der Waals surface area contributed by atoms with Crippen LogP contribution in [0.2, 0.25) is 0 Å². The van der Waals surface area contributed by atoms with Crippen LogP contribution in [0.15, 0.2) is 134 Å². The maximum Gasteiger partial charge on any atom is 1.00 e. The third kappa shape index (κ3) is 8.09. The molecule has 0 spiro atoms. The molecule has 0 radical (unpaired) electrons. The molecule has 2 heterocycles. The molecule has 0 aliphatic heterocycles. The maximum atomic E-state index is 7.14. The van der Waals surface area contributed by atoms with E-state index in [0.717, 1.165) is 36.1 Å².